The molecule has 2 aliphatic carbocycles. The van der Waals surface area contributed by atoms with Gasteiger partial charge in [0.1, 0.15) is 0 Å². The molecule has 0 radical (unpaired) electrons. The Labute approximate surface area is 410 Å². The highest BCUT2D eigenvalue weighted by molar-refractivity contribution is 6.24. The number of hydrogen-bond acceptors (Lipinski definition) is 6. The second-order valence-corrected chi connectivity index (χ2v) is 20.4. The second kappa shape index (κ2) is 29.5. The highest BCUT2D eigenvalue weighted by atomic mass is 16.5. The van der Waals surface area contributed by atoms with Gasteiger partial charge in [0.15, 0.2) is 0 Å². The summed E-state index contributed by atoms with van der Waals surface area (Å²) >= 11 is 0. The van der Waals surface area contributed by atoms with Crippen molar-refractivity contribution in [3.8, 4) is 22.3 Å². The number of allylic oxidation sites excluding steroid dienone is 2. The minimum absolute atomic E-state index is 0.0922. The average Bonchev–Trinajstić information content (AvgIpc) is 4.06. The predicted octanol–water partition coefficient (Wildman–Crippen LogP) is 16.6. The van der Waals surface area contributed by atoms with Crippen LogP contribution >= 0.6 is 0 Å². The summed E-state index contributed by atoms with van der Waals surface area (Å²) in [6, 6.07) is 20.5. The topological polar surface area (TPSA) is 90.0 Å². The predicted molar refractivity (Wildman–Crippen MR) is 279 cm³/mol. The van der Waals surface area contributed by atoms with E-state index in [1.807, 2.05) is 42.5 Å². The van der Waals surface area contributed by atoms with Gasteiger partial charge in [-0.3, -0.25) is 9.59 Å². The van der Waals surface area contributed by atoms with E-state index < -0.39 is 0 Å². The average molecular weight is 928 g/mol. The molecule has 1 aliphatic heterocycles. The molecule has 0 aromatic heterocycles. The summed E-state index contributed by atoms with van der Waals surface area (Å²) in [5.41, 5.74) is 4.73. The Morgan fingerprint density at radius 3 is 1.16 bits per heavy atom. The van der Waals surface area contributed by atoms with Gasteiger partial charge in [-0.25, -0.2) is 14.5 Å². The number of fused-ring (bicyclic) bond motifs is 5. The summed E-state index contributed by atoms with van der Waals surface area (Å²) in [4.78, 5) is 55.8. The lowest BCUT2D eigenvalue weighted by Gasteiger charge is -2.22. The van der Waals surface area contributed by atoms with E-state index in [4.69, 9.17) is 9.47 Å². The van der Waals surface area contributed by atoms with E-state index >= 15 is 0 Å². The maximum Gasteiger partial charge on any atom is 0.338 e. The van der Waals surface area contributed by atoms with Crippen molar-refractivity contribution >= 4 is 29.4 Å². The molecule has 0 spiro atoms. The maximum absolute atomic E-state index is 14.2. The molecule has 2 bridgehead atoms. The molecule has 6 rings (SSSR count). The number of ether oxygens (including phenoxy) is 2. The van der Waals surface area contributed by atoms with E-state index in [1.165, 1.54) is 159 Å². The third-order valence-corrected chi connectivity index (χ3v) is 15.1. The molecule has 2 amide bonds. The van der Waals surface area contributed by atoms with Crippen LogP contribution in [-0.2, 0) is 19.1 Å². The zero-order valence-electron chi connectivity index (χ0n) is 42.1. The Balaban J connectivity index is 0.967. The minimum Gasteiger partial charge on any atom is -0.462 e. The van der Waals surface area contributed by atoms with Crippen molar-refractivity contribution in [2.24, 2.45) is 23.7 Å². The molecule has 2 fully saturated rings. The van der Waals surface area contributed by atoms with Crippen molar-refractivity contribution < 1.29 is 28.7 Å². The van der Waals surface area contributed by atoms with Crippen molar-refractivity contribution in [1.29, 1.82) is 0 Å². The molecule has 3 aromatic rings. The molecule has 3 aromatic carbocycles. The van der Waals surface area contributed by atoms with Gasteiger partial charge in [-0.1, -0.05) is 229 Å². The Hall–Kier alpha value is -4.52. The number of amides is 2. The molecule has 1 saturated carbocycles. The molecule has 370 valence electrons. The van der Waals surface area contributed by atoms with Crippen LogP contribution in [0.1, 0.15) is 221 Å². The van der Waals surface area contributed by atoms with Crippen molar-refractivity contribution in [1.82, 2.24) is 0 Å². The first-order valence-electron chi connectivity index (χ1n) is 27.7. The van der Waals surface area contributed by atoms with Gasteiger partial charge in [0, 0.05) is 5.56 Å². The number of benzene rings is 3. The molecule has 4 atom stereocenters. The summed E-state index contributed by atoms with van der Waals surface area (Å²) in [6.45, 7) is 5.36. The fraction of sp³-hybridized carbons (Fsp3) is 0.607. The number of unbranched alkanes of at least 4 members (excludes halogenated alkanes) is 26. The molecule has 0 unspecified atom stereocenters. The molecule has 7 heteroatoms. The van der Waals surface area contributed by atoms with Crippen LogP contribution in [0.5, 0.6) is 0 Å². The molecular weight excluding hydrogens is 843 g/mol. The van der Waals surface area contributed by atoms with Gasteiger partial charge in [-0.2, -0.15) is 0 Å². The minimum atomic E-state index is -0.343. The molecule has 3 aliphatic rings. The van der Waals surface area contributed by atoms with Gasteiger partial charge in [0.25, 0.3) is 0 Å². The van der Waals surface area contributed by atoms with E-state index in [0.717, 1.165) is 54.4 Å². The van der Waals surface area contributed by atoms with Crippen LogP contribution in [0.25, 0.3) is 22.3 Å². The summed E-state index contributed by atoms with van der Waals surface area (Å²) in [7, 11) is 0. The van der Waals surface area contributed by atoms with Gasteiger partial charge in [0.2, 0.25) is 11.8 Å². The van der Waals surface area contributed by atoms with Crippen molar-refractivity contribution in [2.45, 2.75) is 200 Å². The van der Waals surface area contributed by atoms with Crippen LogP contribution in [0.4, 0.5) is 5.69 Å². The Morgan fingerprint density at radius 1 is 0.441 bits per heavy atom. The van der Waals surface area contributed by atoms with Gasteiger partial charge in [0.05, 0.1) is 41.9 Å². The van der Waals surface area contributed by atoms with Crippen molar-refractivity contribution in [3.63, 3.8) is 0 Å². The van der Waals surface area contributed by atoms with E-state index in [9.17, 15) is 19.2 Å². The first-order chi connectivity index (χ1) is 33.4. The number of anilines is 1. The first kappa shape index (κ1) is 52.8. The summed E-state index contributed by atoms with van der Waals surface area (Å²) in [6.07, 6.45) is 40.9. The van der Waals surface area contributed by atoms with E-state index in [1.54, 1.807) is 24.3 Å². The van der Waals surface area contributed by atoms with Gasteiger partial charge < -0.3 is 9.47 Å². The standard InChI is InChI=1S/C61H85NO6/c1-3-5-7-9-11-13-15-17-19-21-23-25-27-29-43-67-60(65)49-35-31-47(32-36-49)51-41-42-54(55(46-51)62-58(63)56-52-39-40-53(45-52)57(56)59(62)64)48-33-37-50(38-34-48)61(66)68-44-30-28-26-24-22-20-18-16-14-12-10-8-6-4-2/h31-42,46,52-53,56-57H,3-30,43-45H2,1-2H3/t52-,53+,56+,57-. The highest BCUT2D eigenvalue weighted by Crippen LogP contribution is 2.54. The molecule has 1 heterocycles. The van der Waals surface area contributed by atoms with E-state index in [-0.39, 0.29) is 47.4 Å². The third-order valence-electron chi connectivity index (χ3n) is 15.1. The lowest BCUT2D eigenvalue weighted by molar-refractivity contribution is -0.123. The van der Waals surface area contributed by atoms with Crippen LogP contribution < -0.4 is 4.90 Å². The van der Waals surface area contributed by atoms with Crippen LogP contribution in [0, 0.1) is 23.7 Å². The van der Waals surface area contributed by atoms with Gasteiger partial charge in [-0.05, 0) is 78.1 Å². The third kappa shape index (κ3) is 15.8. The van der Waals surface area contributed by atoms with Crippen LogP contribution in [0.3, 0.4) is 0 Å². The van der Waals surface area contributed by atoms with E-state index in [0.29, 0.717) is 30.0 Å². The fourth-order valence-corrected chi connectivity index (χ4v) is 11.0. The Kier molecular flexibility index (Phi) is 22.9. The number of rotatable bonds is 35. The maximum atomic E-state index is 14.2. The number of imide groups is 1. The summed E-state index contributed by atoms with van der Waals surface area (Å²) in [5.74, 6) is -1.44. The number of hydrogen-bond donors (Lipinski definition) is 0. The highest BCUT2D eigenvalue weighted by Gasteiger charge is 2.59. The zero-order valence-corrected chi connectivity index (χ0v) is 42.1. The normalized spacial score (nSPS) is 18.2. The number of carbonyl (C=O) groups excluding carboxylic acids is 4. The monoisotopic (exact) mass is 928 g/mol. The lowest BCUT2D eigenvalue weighted by atomic mass is 9.85. The van der Waals surface area contributed by atoms with E-state index in [2.05, 4.69) is 26.0 Å². The summed E-state index contributed by atoms with van der Waals surface area (Å²) in [5, 5.41) is 0. The van der Waals surface area contributed by atoms with Gasteiger partial charge >= 0.3 is 11.9 Å². The van der Waals surface area contributed by atoms with Crippen LogP contribution in [0.2, 0.25) is 0 Å². The Bertz CT molecular complexity index is 1990. The Morgan fingerprint density at radius 2 is 0.779 bits per heavy atom. The molecule has 68 heavy (non-hydrogen) atoms. The van der Waals surface area contributed by atoms with Crippen molar-refractivity contribution in [3.05, 3.63) is 90.0 Å². The molecule has 0 N–H and O–H groups in total. The quantitative estimate of drug-likeness (QED) is 0.0253. The fourth-order valence-electron chi connectivity index (χ4n) is 11.0. The molecular formula is C61H85NO6. The lowest BCUT2D eigenvalue weighted by Crippen LogP contribution is -2.33. The van der Waals surface area contributed by atoms with Crippen LogP contribution in [-0.4, -0.2) is 37.0 Å². The SMILES string of the molecule is CCCCCCCCCCCCCCCCOC(=O)c1ccc(-c2ccc(-c3ccc(C(=O)OCCCCCCCCCCCCCCCC)cc3)c(N3C(=O)[C@@H]4[C@H](C3=O)[C@H]3C=C[C@@H]4C3)c2)cc1. The van der Waals surface area contributed by atoms with Gasteiger partial charge in [-0.15, -0.1) is 0 Å². The largest absolute Gasteiger partial charge is 0.462 e. The molecule has 7 nitrogen and oxygen atoms in total. The second-order valence-electron chi connectivity index (χ2n) is 20.4. The van der Waals surface area contributed by atoms with Crippen molar-refractivity contribution in [2.75, 3.05) is 18.1 Å². The smallest absolute Gasteiger partial charge is 0.338 e. The van der Waals surface area contributed by atoms with Crippen LogP contribution in [0.15, 0.2) is 78.9 Å². The first-order valence-corrected chi connectivity index (χ1v) is 27.7. The number of carbonyl (C=O) groups is 4. The zero-order chi connectivity index (χ0) is 47.8. The molecule has 1 saturated heterocycles. The number of nitrogens with zero attached hydrogens (tertiary/aromatic N) is 1. The summed E-state index contributed by atoms with van der Waals surface area (Å²) < 4.78 is 11.3. The number of esters is 2.